The van der Waals surface area contributed by atoms with E-state index < -0.39 is 0 Å². The molecule has 0 radical (unpaired) electrons. The molecule has 0 unspecified atom stereocenters. The first-order valence-corrected chi connectivity index (χ1v) is 21.2. The third-order valence-electron chi connectivity index (χ3n) is 12.6. The van der Waals surface area contributed by atoms with Gasteiger partial charge in [-0.25, -0.2) is 0 Å². The van der Waals surface area contributed by atoms with E-state index in [0.717, 1.165) is 46.4 Å². The van der Waals surface area contributed by atoms with E-state index in [1.54, 1.807) is 0 Å². The number of anilines is 3. The van der Waals surface area contributed by atoms with E-state index in [1.807, 2.05) is 6.20 Å². The van der Waals surface area contributed by atoms with Gasteiger partial charge in [-0.15, -0.1) is 0 Å². The lowest BCUT2D eigenvalue weighted by atomic mass is 9.73. The Hall–Kier alpha value is -7.29. The zero-order valence-corrected chi connectivity index (χ0v) is 34.1. The van der Waals surface area contributed by atoms with Crippen molar-refractivity contribution in [3.63, 3.8) is 0 Å². The SMILES string of the molecule is CCC1(CC)c2cc(/C=C/c3ccc(-c4c(-c5ccccc5)cccc4-c4nccc5ccccc45)cc3)ccc2-c2ccc(N(c3ccccc3)c3ccccc3)cc21. The summed E-state index contributed by atoms with van der Waals surface area (Å²) >= 11 is 0. The first-order chi connectivity index (χ1) is 29.6. The Kier molecular flexibility index (Phi) is 9.75. The molecule has 10 rings (SSSR count). The molecule has 288 valence electrons. The number of rotatable bonds is 10. The van der Waals surface area contributed by atoms with E-state index in [2.05, 4.69) is 231 Å². The zero-order valence-electron chi connectivity index (χ0n) is 34.1. The van der Waals surface area contributed by atoms with Gasteiger partial charge in [0.05, 0.1) is 5.69 Å². The van der Waals surface area contributed by atoms with Crippen LogP contribution in [0.5, 0.6) is 0 Å². The van der Waals surface area contributed by atoms with Crippen molar-refractivity contribution < 1.29 is 0 Å². The number of pyridine rings is 1. The van der Waals surface area contributed by atoms with Crippen LogP contribution in [-0.2, 0) is 5.41 Å². The molecular weight excluding hydrogens is 725 g/mol. The molecule has 1 aromatic heterocycles. The Morgan fingerprint density at radius 2 is 1.03 bits per heavy atom. The summed E-state index contributed by atoms with van der Waals surface area (Å²) in [4.78, 5) is 7.34. The van der Waals surface area contributed by atoms with Gasteiger partial charge in [0.2, 0.25) is 0 Å². The van der Waals surface area contributed by atoms with Crippen molar-refractivity contribution in [2.45, 2.75) is 32.1 Å². The first kappa shape index (κ1) is 37.0. The van der Waals surface area contributed by atoms with Gasteiger partial charge in [-0.05, 0) is 116 Å². The number of para-hydroxylation sites is 2. The number of hydrogen-bond donors (Lipinski definition) is 0. The Labute approximate surface area is 353 Å². The van der Waals surface area contributed by atoms with Gasteiger partial charge in [-0.3, -0.25) is 4.98 Å². The third kappa shape index (κ3) is 6.51. The maximum Gasteiger partial charge on any atom is 0.0786 e. The van der Waals surface area contributed by atoms with Crippen LogP contribution in [0.2, 0.25) is 0 Å². The molecule has 8 aromatic carbocycles. The molecule has 1 heterocycles. The summed E-state index contributed by atoms with van der Waals surface area (Å²) in [7, 11) is 0. The van der Waals surface area contributed by atoms with Crippen LogP contribution in [0, 0.1) is 0 Å². The van der Waals surface area contributed by atoms with E-state index in [9.17, 15) is 0 Å². The Morgan fingerprint density at radius 1 is 0.450 bits per heavy atom. The number of hydrogen-bond acceptors (Lipinski definition) is 2. The fourth-order valence-electron chi connectivity index (χ4n) is 9.56. The Bertz CT molecular complexity index is 2940. The summed E-state index contributed by atoms with van der Waals surface area (Å²) in [5.41, 5.74) is 18.2. The molecule has 0 saturated carbocycles. The standard InChI is InChI=1S/C58H46N2/c1-3-58(4-2)54-39-42(31-35-51(54)52-36-34-48(40-55(52)58)60(46-20-10-6-11-21-46)47-22-12-7-13-23-47)28-27-41-29-32-45(33-30-41)56-49(43-17-8-5-9-18-43)25-16-26-53(56)57-50-24-15-14-19-44(50)37-38-59-57/h5-40H,3-4H2,1-2H3/b28-27+. The van der Waals surface area contributed by atoms with Crippen molar-refractivity contribution >= 4 is 40.0 Å². The Balaban J connectivity index is 0.992. The van der Waals surface area contributed by atoms with Crippen LogP contribution >= 0.6 is 0 Å². The van der Waals surface area contributed by atoms with Crippen molar-refractivity contribution in [2.75, 3.05) is 4.90 Å². The number of aromatic nitrogens is 1. The van der Waals surface area contributed by atoms with Gasteiger partial charge in [-0.2, -0.15) is 0 Å². The fraction of sp³-hybridized carbons (Fsp3) is 0.0862. The lowest BCUT2D eigenvalue weighted by Gasteiger charge is -2.32. The zero-order chi connectivity index (χ0) is 40.5. The van der Waals surface area contributed by atoms with Crippen molar-refractivity contribution in [2.24, 2.45) is 0 Å². The summed E-state index contributed by atoms with van der Waals surface area (Å²) in [5.74, 6) is 0. The topological polar surface area (TPSA) is 16.1 Å². The number of fused-ring (bicyclic) bond motifs is 4. The van der Waals surface area contributed by atoms with E-state index in [4.69, 9.17) is 4.98 Å². The molecule has 0 saturated heterocycles. The van der Waals surface area contributed by atoms with Gasteiger partial charge in [-0.1, -0.05) is 184 Å². The van der Waals surface area contributed by atoms with Crippen LogP contribution in [0.25, 0.3) is 67.6 Å². The average molecular weight is 771 g/mol. The molecule has 9 aromatic rings. The quantitative estimate of drug-likeness (QED) is 0.129. The summed E-state index contributed by atoms with van der Waals surface area (Å²) in [6.07, 6.45) is 8.50. The summed E-state index contributed by atoms with van der Waals surface area (Å²) < 4.78 is 0. The molecule has 0 spiro atoms. The van der Waals surface area contributed by atoms with Crippen LogP contribution in [0.4, 0.5) is 17.1 Å². The van der Waals surface area contributed by atoms with Crippen LogP contribution < -0.4 is 4.90 Å². The van der Waals surface area contributed by atoms with Crippen LogP contribution in [0.15, 0.2) is 206 Å². The van der Waals surface area contributed by atoms with Crippen molar-refractivity contribution in [3.05, 3.63) is 229 Å². The largest absolute Gasteiger partial charge is 0.310 e. The molecule has 0 bridgehead atoms. The van der Waals surface area contributed by atoms with E-state index >= 15 is 0 Å². The monoisotopic (exact) mass is 770 g/mol. The minimum absolute atomic E-state index is 0.0754. The highest BCUT2D eigenvalue weighted by atomic mass is 15.1. The smallest absolute Gasteiger partial charge is 0.0786 e. The van der Waals surface area contributed by atoms with Crippen LogP contribution in [0.1, 0.15) is 48.9 Å². The normalized spacial score (nSPS) is 12.7. The molecule has 2 nitrogen and oxygen atoms in total. The van der Waals surface area contributed by atoms with E-state index in [1.165, 1.54) is 61.1 Å². The maximum absolute atomic E-state index is 4.96. The molecule has 1 aliphatic rings. The predicted octanol–water partition coefficient (Wildman–Crippen LogP) is 16.0. The molecular formula is C58H46N2. The molecule has 0 amide bonds. The van der Waals surface area contributed by atoms with Crippen LogP contribution in [0.3, 0.4) is 0 Å². The summed E-state index contributed by atoms with van der Waals surface area (Å²) in [6, 6.07) is 72.5. The lowest BCUT2D eigenvalue weighted by molar-refractivity contribution is 0.490. The second-order valence-electron chi connectivity index (χ2n) is 15.8. The van der Waals surface area contributed by atoms with Gasteiger partial charge >= 0.3 is 0 Å². The van der Waals surface area contributed by atoms with Gasteiger partial charge in [0.25, 0.3) is 0 Å². The molecule has 0 N–H and O–H groups in total. The highest BCUT2D eigenvalue weighted by molar-refractivity contribution is 6.02. The molecule has 2 heteroatoms. The third-order valence-corrected chi connectivity index (χ3v) is 12.6. The van der Waals surface area contributed by atoms with E-state index in [0.29, 0.717) is 0 Å². The summed E-state index contributed by atoms with van der Waals surface area (Å²) in [5, 5.41) is 2.34. The molecule has 60 heavy (non-hydrogen) atoms. The lowest BCUT2D eigenvalue weighted by Crippen LogP contribution is -2.23. The fourth-order valence-corrected chi connectivity index (χ4v) is 9.56. The van der Waals surface area contributed by atoms with Gasteiger partial charge in [0, 0.05) is 39.6 Å². The van der Waals surface area contributed by atoms with E-state index in [-0.39, 0.29) is 5.41 Å². The minimum Gasteiger partial charge on any atom is -0.310 e. The first-order valence-electron chi connectivity index (χ1n) is 21.2. The van der Waals surface area contributed by atoms with Crippen molar-refractivity contribution in [3.8, 4) is 44.6 Å². The second kappa shape index (κ2) is 15.8. The van der Waals surface area contributed by atoms with Gasteiger partial charge < -0.3 is 4.90 Å². The van der Waals surface area contributed by atoms with Gasteiger partial charge in [0.15, 0.2) is 0 Å². The molecule has 0 aliphatic heterocycles. The second-order valence-corrected chi connectivity index (χ2v) is 15.8. The Morgan fingerprint density at radius 3 is 1.73 bits per heavy atom. The molecule has 1 aliphatic carbocycles. The molecule has 0 fully saturated rings. The van der Waals surface area contributed by atoms with Crippen molar-refractivity contribution in [1.29, 1.82) is 0 Å². The minimum atomic E-state index is -0.0754. The number of nitrogens with zero attached hydrogens (tertiary/aromatic N) is 2. The average Bonchev–Trinajstić information content (AvgIpc) is 3.60. The molecule has 0 atom stereocenters. The number of benzene rings is 8. The highest BCUT2D eigenvalue weighted by Gasteiger charge is 2.41. The predicted molar refractivity (Wildman–Crippen MR) is 255 cm³/mol. The summed E-state index contributed by atoms with van der Waals surface area (Å²) in [6.45, 7) is 4.70. The van der Waals surface area contributed by atoms with Gasteiger partial charge in [0.1, 0.15) is 0 Å². The highest BCUT2D eigenvalue weighted by Crippen LogP contribution is 2.54. The van der Waals surface area contributed by atoms with Crippen molar-refractivity contribution in [1.82, 2.24) is 4.98 Å². The van der Waals surface area contributed by atoms with Crippen LogP contribution in [-0.4, -0.2) is 4.98 Å². The maximum atomic E-state index is 4.96.